The van der Waals surface area contributed by atoms with Crippen LogP contribution in [0.25, 0.3) is 11.1 Å². The standard InChI is InChI=1S/C22H21I/c1-21(2)19-7-5-4-6-18(19)20-13-10-16(14-22(20,21)3)15-8-11-17(23)12-9-15/h4-13H,14H2,1-3H3. The normalized spacial score (nSPS) is 24.5. The maximum atomic E-state index is 2.44. The number of benzene rings is 2. The van der Waals surface area contributed by atoms with E-state index in [2.05, 4.69) is 104 Å². The van der Waals surface area contributed by atoms with Gasteiger partial charge in [0.05, 0.1) is 0 Å². The first-order valence-electron chi connectivity index (χ1n) is 8.21. The molecule has 0 saturated heterocycles. The molecule has 0 amide bonds. The molecule has 0 saturated carbocycles. The zero-order valence-corrected chi connectivity index (χ0v) is 16.0. The lowest BCUT2D eigenvalue weighted by molar-refractivity contribution is 0.275. The van der Waals surface area contributed by atoms with E-state index in [-0.39, 0.29) is 10.8 Å². The lowest BCUT2D eigenvalue weighted by Gasteiger charge is -2.42. The fourth-order valence-corrected chi connectivity index (χ4v) is 4.63. The van der Waals surface area contributed by atoms with Gasteiger partial charge in [0.15, 0.2) is 0 Å². The second-order valence-electron chi connectivity index (χ2n) is 7.46. The summed E-state index contributed by atoms with van der Waals surface area (Å²) in [7, 11) is 0. The van der Waals surface area contributed by atoms with Crippen molar-refractivity contribution in [2.75, 3.05) is 0 Å². The van der Waals surface area contributed by atoms with E-state index >= 15 is 0 Å². The van der Waals surface area contributed by atoms with Crippen molar-refractivity contribution < 1.29 is 0 Å². The van der Waals surface area contributed by atoms with Crippen LogP contribution in [0.2, 0.25) is 0 Å². The maximum Gasteiger partial charge on any atom is 0.0130 e. The highest BCUT2D eigenvalue weighted by atomic mass is 127. The minimum atomic E-state index is 0.151. The predicted molar refractivity (Wildman–Crippen MR) is 107 cm³/mol. The summed E-state index contributed by atoms with van der Waals surface area (Å²) in [5.74, 6) is 0. The fraction of sp³-hybridized carbons (Fsp3) is 0.273. The van der Waals surface area contributed by atoms with E-state index in [1.165, 1.54) is 31.4 Å². The summed E-state index contributed by atoms with van der Waals surface area (Å²) in [4.78, 5) is 0. The summed E-state index contributed by atoms with van der Waals surface area (Å²) in [6.07, 6.45) is 5.79. The number of hydrogen-bond donors (Lipinski definition) is 0. The molecule has 0 spiro atoms. The average molecular weight is 412 g/mol. The van der Waals surface area contributed by atoms with Crippen molar-refractivity contribution in [2.45, 2.75) is 32.6 Å². The summed E-state index contributed by atoms with van der Waals surface area (Å²) >= 11 is 2.37. The molecule has 0 bridgehead atoms. The van der Waals surface area contributed by atoms with Gasteiger partial charge in [-0.25, -0.2) is 0 Å². The first-order chi connectivity index (χ1) is 10.9. The third-order valence-corrected chi connectivity index (χ3v) is 6.79. The molecule has 23 heavy (non-hydrogen) atoms. The van der Waals surface area contributed by atoms with Crippen LogP contribution in [0.4, 0.5) is 0 Å². The Morgan fingerprint density at radius 2 is 1.57 bits per heavy atom. The monoisotopic (exact) mass is 412 g/mol. The van der Waals surface area contributed by atoms with Crippen LogP contribution in [0.3, 0.4) is 0 Å². The predicted octanol–water partition coefficient (Wildman–Crippen LogP) is 6.46. The van der Waals surface area contributed by atoms with E-state index in [0.29, 0.717) is 0 Å². The van der Waals surface area contributed by atoms with Gasteiger partial charge in [0.1, 0.15) is 0 Å². The molecule has 1 unspecified atom stereocenters. The van der Waals surface area contributed by atoms with Crippen LogP contribution in [0.15, 0.2) is 60.7 Å². The Labute approximate surface area is 152 Å². The van der Waals surface area contributed by atoms with Crippen molar-refractivity contribution in [3.8, 4) is 0 Å². The lowest BCUT2D eigenvalue weighted by atomic mass is 9.61. The molecule has 0 aromatic heterocycles. The third kappa shape index (κ3) is 2.09. The van der Waals surface area contributed by atoms with Crippen LogP contribution >= 0.6 is 22.6 Å². The molecule has 0 N–H and O–H groups in total. The molecule has 0 radical (unpaired) electrons. The Morgan fingerprint density at radius 3 is 2.30 bits per heavy atom. The van der Waals surface area contributed by atoms with Crippen molar-refractivity contribution in [2.24, 2.45) is 5.41 Å². The Morgan fingerprint density at radius 1 is 0.870 bits per heavy atom. The van der Waals surface area contributed by atoms with E-state index in [4.69, 9.17) is 0 Å². The largest absolute Gasteiger partial charge is 0.0619 e. The van der Waals surface area contributed by atoms with Gasteiger partial charge in [0, 0.05) is 14.4 Å². The zero-order chi connectivity index (χ0) is 16.2. The van der Waals surface area contributed by atoms with Gasteiger partial charge in [-0.05, 0) is 69.0 Å². The van der Waals surface area contributed by atoms with Gasteiger partial charge in [-0.3, -0.25) is 0 Å². The molecule has 2 aliphatic rings. The number of hydrogen-bond acceptors (Lipinski definition) is 0. The molecule has 4 rings (SSSR count). The minimum absolute atomic E-state index is 0.151. The van der Waals surface area contributed by atoms with Crippen LogP contribution in [-0.4, -0.2) is 0 Å². The van der Waals surface area contributed by atoms with E-state index < -0.39 is 0 Å². The SMILES string of the molecule is CC12CC(c3ccc(I)cc3)=CC=C1c1ccccc1C2(C)C. The maximum absolute atomic E-state index is 2.44. The molecule has 0 fully saturated rings. The number of rotatable bonds is 1. The highest BCUT2D eigenvalue weighted by molar-refractivity contribution is 14.1. The molecule has 2 aromatic carbocycles. The van der Waals surface area contributed by atoms with Crippen LogP contribution in [0.1, 0.15) is 43.9 Å². The molecule has 1 heteroatoms. The average Bonchev–Trinajstić information content (AvgIpc) is 2.72. The minimum Gasteiger partial charge on any atom is -0.0619 e. The molecule has 2 aromatic rings. The Hall–Kier alpha value is -1.35. The molecule has 0 aliphatic heterocycles. The van der Waals surface area contributed by atoms with Crippen molar-refractivity contribution in [1.82, 2.24) is 0 Å². The zero-order valence-electron chi connectivity index (χ0n) is 13.9. The molecule has 116 valence electrons. The van der Waals surface area contributed by atoms with Crippen LogP contribution in [0.5, 0.6) is 0 Å². The summed E-state index contributed by atoms with van der Waals surface area (Å²) in [5.41, 5.74) is 7.56. The van der Waals surface area contributed by atoms with Gasteiger partial charge in [-0.1, -0.05) is 69.3 Å². The Kier molecular flexibility index (Phi) is 3.35. The number of halogens is 1. The highest BCUT2D eigenvalue weighted by Gasteiger charge is 2.52. The van der Waals surface area contributed by atoms with Crippen LogP contribution in [0, 0.1) is 8.99 Å². The fourth-order valence-electron chi connectivity index (χ4n) is 4.27. The highest BCUT2D eigenvalue weighted by Crippen LogP contribution is 2.62. The Balaban J connectivity index is 1.85. The molecular weight excluding hydrogens is 391 g/mol. The van der Waals surface area contributed by atoms with Crippen LogP contribution < -0.4 is 0 Å². The first-order valence-corrected chi connectivity index (χ1v) is 9.28. The third-order valence-electron chi connectivity index (χ3n) is 6.07. The van der Waals surface area contributed by atoms with Crippen molar-refractivity contribution in [3.63, 3.8) is 0 Å². The van der Waals surface area contributed by atoms with Gasteiger partial charge in [0.25, 0.3) is 0 Å². The summed E-state index contributed by atoms with van der Waals surface area (Å²) in [6.45, 7) is 7.26. The molecule has 0 nitrogen and oxygen atoms in total. The second kappa shape index (κ2) is 5.07. The van der Waals surface area contributed by atoms with Crippen molar-refractivity contribution in [3.05, 3.63) is 80.9 Å². The van der Waals surface area contributed by atoms with E-state index in [9.17, 15) is 0 Å². The number of allylic oxidation sites excluding steroid dienone is 4. The van der Waals surface area contributed by atoms with Gasteiger partial charge in [-0.2, -0.15) is 0 Å². The topological polar surface area (TPSA) is 0 Å². The lowest BCUT2D eigenvalue weighted by Crippen LogP contribution is -2.35. The van der Waals surface area contributed by atoms with E-state index in [1.807, 2.05) is 0 Å². The summed E-state index contributed by atoms with van der Waals surface area (Å²) in [5, 5.41) is 0. The van der Waals surface area contributed by atoms with Gasteiger partial charge < -0.3 is 0 Å². The summed E-state index contributed by atoms with van der Waals surface area (Å²) < 4.78 is 1.29. The van der Waals surface area contributed by atoms with Crippen molar-refractivity contribution in [1.29, 1.82) is 0 Å². The van der Waals surface area contributed by atoms with Gasteiger partial charge >= 0.3 is 0 Å². The van der Waals surface area contributed by atoms with Gasteiger partial charge in [0.2, 0.25) is 0 Å². The molecular formula is C22H21I. The molecule has 2 aliphatic carbocycles. The van der Waals surface area contributed by atoms with Gasteiger partial charge in [-0.15, -0.1) is 0 Å². The molecule has 1 atom stereocenters. The Bertz CT molecular complexity index is 837. The summed E-state index contributed by atoms with van der Waals surface area (Å²) in [6, 6.07) is 17.9. The smallest absolute Gasteiger partial charge is 0.0130 e. The number of fused-ring (bicyclic) bond motifs is 3. The second-order valence-corrected chi connectivity index (χ2v) is 8.70. The van der Waals surface area contributed by atoms with E-state index in [1.54, 1.807) is 0 Å². The first kappa shape index (κ1) is 15.2. The van der Waals surface area contributed by atoms with Crippen molar-refractivity contribution >= 4 is 33.7 Å². The van der Waals surface area contributed by atoms with E-state index in [0.717, 1.165) is 6.42 Å². The van der Waals surface area contributed by atoms with Crippen LogP contribution in [-0.2, 0) is 5.41 Å². The molecule has 0 heterocycles. The quantitative estimate of drug-likeness (QED) is 0.472.